The van der Waals surface area contributed by atoms with Crippen molar-refractivity contribution in [2.24, 2.45) is 5.92 Å². The largest absolute Gasteiger partial charge is 0.348 e. The van der Waals surface area contributed by atoms with E-state index in [4.69, 9.17) is 0 Å². The van der Waals surface area contributed by atoms with Crippen molar-refractivity contribution in [1.29, 1.82) is 0 Å². The first-order chi connectivity index (χ1) is 13.0. The maximum atomic E-state index is 13.6. The highest BCUT2D eigenvalue weighted by atomic mass is 19.1. The molecule has 6 heteroatoms. The Bertz CT molecular complexity index is 935. The molecule has 0 aliphatic carbocycles. The van der Waals surface area contributed by atoms with E-state index in [1.165, 1.54) is 12.1 Å². The topological polar surface area (TPSA) is 59.8 Å². The van der Waals surface area contributed by atoms with Crippen LogP contribution in [0, 0.1) is 18.7 Å². The second-order valence-electron chi connectivity index (χ2n) is 6.93. The number of hydrogen-bond donors (Lipinski definition) is 1. The number of benzene rings is 1. The quantitative estimate of drug-likeness (QED) is 0.721. The van der Waals surface area contributed by atoms with Gasteiger partial charge in [0.2, 0.25) is 0 Å². The fourth-order valence-electron chi connectivity index (χ4n) is 3.02. The van der Waals surface area contributed by atoms with Crippen molar-refractivity contribution in [2.75, 3.05) is 0 Å². The second kappa shape index (κ2) is 8.12. The minimum Gasteiger partial charge on any atom is -0.348 e. The van der Waals surface area contributed by atoms with Crippen molar-refractivity contribution in [2.45, 2.75) is 33.7 Å². The first-order valence-corrected chi connectivity index (χ1v) is 8.97. The third-order valence-electron chi connectivity index (χ3n) is 4.27. The minimum absolute atomic E-state index is 0.178. The smallest absolute Gasteiger partial charge is 0.255 e. The van der Waals surface area contributed by atoms with Crippen LogP contribution in [-0.2, 0) is 13.0 Å². The van der Waals surface area contributed by atoms with Crippen molar-refractivity contribution in [3.63, 3.8) is 0 Å². The summed E-state index contributed by atoms with van der Waals surface area (Å²) in [6.07, 6.45) is 4.05. The van der Waals surface area contributed by atoms with Crippen molar-refractivity contribution >= 4 is 5.91 Å². The normalized spacial score (nSPS) is 11.0. The zero-order chi connectivity index (χ0) is 19.4. The molecule has 0 radical (unpaired) electrons. The summed E-state index contributed by atoms with van der Waals surface area (Å²) in [4.78, 5) is 16.9. The van der Waals surface area contributed by atoms with Crippen LogP contribution in [0.1, 0.15) is 41.2 Å². The number of amides is 1. The molecule has 0 saturated heterocycles. The first kappa shape index (κ1) is 18.8. The van der Waals surface area contributed by atoms with E-state index in [1.807, 2.05) is 19.1 Å². The fourth-order valence-corrected chi connectivity index (χ4v) is 3.02. The van der Waals surface area contributed by atoms with E-state index in [1.54, 1.807) is 29.2 Å². The monoisotopic (exact) mass is 366 g/mol. The fraction of sp³-hybridized carbons (Fsp3) is 0.286. The molecule has 5 nitrogen and oxygen atoms in total. The van der Waals surface area contributed by atoms with E-state index < -0.39 is 0 Å². The van der Waals surface area contributed by atoms with Crippen LogP contribution in [0.4, 0.5) is 4.39 Å². The number of carbonyl (C=O) groups excluding carboxylic acids is 1. The standard InChI is InChI=1S/C21H23FN4O/c1-14(2)11-19-20(21(27)24-13-16-7-9-23-10-8-16)15(3)26(25-19)18-6-4-5-17(22)12-18/h4-10,12,14H,11,13H2,1-3H3,(H,24,27). The van der Waals surface area contributed by atoms with Crippen molar-refractivity contribution in [3.05, 3.63) is 77.1 Å². The molecule has 0 spiro atoms. The highest BCUT2D eigenvalue weighted by molar-refractivity contribution is 5.96. The van der Waals surface area contributed by atoms with Gasteiger partial charge in [0, 0.05) is 18.9 Å². The molecule has 0 saturated carbocycles. The number of nitrogens with one attached hydrogen (secondary N) is 1. The molecule has 1 amide bonds. The lowest BCUT2D eigenvalue weighted by Crippen LogP contribution is -2.24. The lowest BCUT2D eigenvalue weighted by molar-refractivity contribution is 0.0949. The molecule has 0 bridgehead atoms. The maximum absolute atomic E-state index is 13.6. The second-order valence-corrected chi connectivity index (χ2v) is 6.93. The van der Waals surface area contributed by atoms with Crippen LogP contribution in [0.25, 0.3) is 5.69 Å². The maximum Gasteiger partial charge on any atom is 0.255 e. The molecule has 3 rings (SSSR count). The van der Waals surface area contributed by atoms with E-state index >= 15 is 0 Å². The van der Waals surface area contributed by atoms with E-state index in [2.05, 4.69) is 29.2 Å². The molecular weight excluding hydrogens is 343 g/mol. The van der Waals surface area contributed by atoms with E-state index in [0.29, 0.717) is 35.8 Å². The highest BCUT2D eigenvalue weighted by Gasteiger charge is 2.22. The average molecular weight is 366 g/mol. The Balaban J connectivity index is 1.93. The van der Waals surface area contributed by atoms with Crippen molar-refractivity contribution in [3.8, 4) is 5.69 Å². The predicted octanol–water partition coefficient (Wildman–Crippen LogP) is 3.84. The van der Waals surface area contributed by atoms with Crippen LogP contribution < -0.4 is 5.32 Å². The molecule has 1 aromatic carbocycles. The van der Waals surface area contributed by atoms with Gasteiger partial charge in [-0.1, -0.05) is 19.9 Å². The molecule has 1 N–H and O–H groups in total. The molecule has 140 valence electrons. The molecule has 0 aliphatic rings. The van der Waals surface area contributed by atoms with Gasteiger partial charge in [-0.15, -0.1) is 0 Å². The summed E-state index contributed by atoms with van der Waals surface area (Å²) < 4.78 is 15.3. The molecule has 0 aliphatic heterocycles. The predicted molar refractivity (Wildman–Crippen MR) is 102 cm³/mol. The summed E-state index contributed by atoms with van der Waals surface area (Å²) in [5.74, 6) is -0.175. The third-order valence-corrected chi connectivity index (χ3v) is 4.27. The Morgan fingerprint density at radius 1 is 1.22 bits per heavy atom. The molecule has 27 heavy (non-hydrogen) atoms. The van der Waals surface area contributed by atoms with E-state index in [9.17, 15) is 9.18 Å². The lowest BCUT2D eigenvalue weighted by atomic mass is 10.0. The van der Waals surface area contributed by atoms with Gasteiger partial charge in [0.25, 0.3) is 5.91 Å². The number of aromatic nitrogens is 3. The summed E-state index contributed by atoms with van der Waals surface area (Å²) in [5, 5.41) is 7.57. The Kier molecular flexibility index (Phi) is 5.64. The Hall–Kier alpha value is -3.02. The SMILES string of the molecule is Cc1c(C(=O)NCc2ccncc2)c(CC(C)C)nn1-c1cccc(F)c1. The van der Waals surface area contributed by atoms with E-state index in [0.717, 1.165) is 11.3 Å². The van der Waals surface area contributed by atoms with Gasteiger partial charge in [-0.25, -0.2) is 9.07 Å². The Labute approximate surface area is 158 Å². The zero-order valence-electron chi connectivity index (χ0n) is 15.7. The van der Waals surface area contributed by atoms with Gasteiger partial charge >= 0.3 is 0 Å². The van der Waals surface area contributed by atoms with E-state index in [-0.39, 0.29) is 11.7 Å². The number of hydrogen-bond acceptors (Lipinski definition) is 3. The molecule has 0 atom stereocenters. The molecule has 0 unspecified atom stereocenters. The minimum atomic E-state index is -0.337. The Morgan fingerprint density at radius 3 is 2.63 bits per heavy atom. The molecule has 2 aromatic heterocycles. The summed E-state index contributed by atoms with van der Waals surface area (Å²) >= 11 is 0. The summed E-state index contributed by atoms with van der Waals surface area (Å²) in [6, 6.07) is 9.94. The summed E-state index contributed by atoms with van der Waals surface area (Å²) in [5.41, 5.74) is 3.55. The van der Waals surface area contributed by atoms with Gasteiger partial charge in [-0.05, 0) is 55.2 Å². The van der Waals surface area contributed by atoms with Crippen LogP contribution in [0.5, 0.6) is 0 Å². The van der Waals surface area contributed by atoms with Gasteiger partial charge in [0.1, 0.15) is 5.82 Å². The highest BCUT2D eigenvalue weighted by Crippen LogP contribution is 2.21. The number of pyridine rings is 1. The van der Waals surface area contributed by atoms with Gasteiger partial charge in [0.15, 0.2) is 0 Å². The first-order valence-electron chi connectivity index (χ1n) is 8.97. The van der Waals surface area contributed by atoms with Crippen LogP contribution in [-0.4, -0.2) is 20.7 Å². The van der Waals surface area contributed by atoms with Crippen molar-refractivity contribution < 1.29 is 9.18 Å². The molecule has 2 heterocycles. The van der Waals surface area contributed by atoms with Gasteiger partial charge in [0.05, 0.1) is 22.6 Å². The van der Waals surface area contributed by atoms with Crippen LogP contribution in [0.3, 0.4) is 0 Å². The molecule has 3 aromatic rings. The van der Waals surface area contributed by atoms with Crippen molar-refractivity contribution in [1.82, 2.24) is 20.1 Å². The number of halogens is 1. The molecular formula is C21H23FN4O. The Morgan fingerprint density at radius 2 is 1.96 bits per heavy atom. The van der Waals surface area contributed by atoms with Crippen LogP contribution >= 0.6 is 0 Å². The molecule has 0 fully saturated rings. The van der Waals surface area contributed by atoms with Crippen LogP contribution in [0.15, 0.2) is 48.8 Å². The number of nitrogens with zero attached hydrogens (tertiary/aromatic N) is 3. The summed E-state index contributed by atoms with van der Waals surface area (Å²) in [6.45, 7) is 6.40. The third kappa shape index (κ3) is 4.39. The zero-order valence-corrected chi connectivity index (χ0v) is 15.7. The number of carbonyl (C=O) groups is 1. The average Bonchev–Trinajstić information content (AvgIpc) is 2.96. The van der Waals surface area contributed by atoms with Gasteiger partial charge in [-0.2, -0.15) is 5.10 Å². The van der Waals surface area contributed by atoms with Gasteiger partial charge in [-0.3, -0.25) is 9.78 Å². The van der Waals surface area contributed by atoms with Gasteiger partial charge < -0.3 is 5.32 Å². The summed E-state index contributed by atoms with van der Waals surface area (Å²) in [7, 11) is 0. The number of rotatable bonds is 6. The van der Waals surface area contributed by atoms with Crippen LogP contribution in [0.2, 0.25) is 0 Å². The lowest BCUT2D eigenvalue weighted by Gasteiger charge is -2.08.